The number of benzene rings is 2. The lowest BCUT2D eigenvalue weighted by Gasteiger charge is -2.37. The van der Waals surface area contributed by atoms with Gasteiger partial charge in [0.25, 0.3) is 5.91 Å². The summed E-state index contributed by atoms with van der Waals surface area (Å²) < 4.78 is 5.27. The minimum atomic E-state index is -0.283. The predicted octanol–water partition coefficient (Wildman–Crippen LogP) is 3.35. The quantitative estimate of drug-likeness (QED) is 0.541. The number of anilines is 1. The number of carbonyl (C=O) groups excluding carboxylic acids is 3. The second kappa shape index (κ2) is 7.05. The molecule has 2 aromatic rings. The molecule has 2 bridgehead atoms. The largest absolute Gasteiger partial charge is 0.497 e. The number of para-hydroxylation sites is 1. The summed E-state index contributed by atoms with van der Waals surface area (Å²) in [5, 5.41) is 0. The Morgan fingerprint density at radius 3 is 2.25 bits per heavy atom. The molecule has 3 fully saturated rings. The maximum Gasteiger partial charge on any atom is 0.259 e. The van der Waals surface area contributed by atoms with Crippen LogP contribution >= 0.6 is 0 Å². The van der Waals surface area contributed by atoms with Gasteiger partial charge in [0, 0.05) is 11.3 Å². The topological polar surface area (TPSA) is 66.9 Å². The Morgan fingerprint density at radius 2 is 1.62 bits per heavy atom. The van der Waals surface area contributed by atoms with Crippen molar-refractivity contribution in [3.8, 4) is 5.75 Å². The number of likely N-dealkylation sites (tertiary alicyclic amines) is 1. The smallest absolute Gasteiger partial charge is 0.259 e. The maximum absolute atomic E-state index is 13.5. The minimum absolute atomic E-state index is 0.0838. The van der Waals surface area contributed by atoms with E-state index in [1.54, 1.807) is 31.4 Å². The van der Waals surface area contributed by atoms with Crippen molar-refractivity contribution >= 4 is 23.4 Å². The Labute approximate surface area is 186 Å². The molecule has 6 heteroatoms. The summed E-state index contributed by atoms with van der Waals surface area (Å²) in [6.45, 7) is -0.0838. The van der Waals surface area contributed by atoms with Crippen molar-refractivity contribution in [3.63, 3.8) is 0 Å². The van der Waals surface area contributed by atoms with Crippen LogP contribution in [0.3, 0.4) is 0 Å². The Bertz CT molecular complexity index is 1110. The minimum Gasteiger partial charge on any atom is -0.497 e. The first-order valence-corrected chi connectivity index (χ1v) is 11.1. The standard InChI is InChI=1S/C26H24N2O4/c1-32-17-9-5-6-15(12-17)24(29)27(16-7-3-2-4-8-16)14-28-25(30)22-18-10-11-19(21-13-20(18)21)23(22)26(28)31/h2-12,18-23H,13-14H2,1H3/t18-,19-,20-,21+,22-,23+/m1/s1. The molecule has 5 aliphatic rings. The zero-order valence-electron chi connectivity index (χ0n) is 17.8. The molecule has 3 amide bonds. The molecular formula is C26H24N2O4. The SMILES string of the molecule is COc1cccc(C(=O)N(CN2C(=O)[C@@H]3[C@@H]4C=C[C@H]([C@@H]5C[C@H]45)[C@@H]3C2=O)c2ccccc2)c1. The van der Waals surface area contributed by atoms with Crippen LogP contribution in [0.2, 0.25) is 0 Å². The van der Waals surface area contributed by atoms with Gasteiger partial charge in [0.2, 0.25) is 11.8 Å². The molecule has 162 valence electrons. The van der Waals surface area contributed by atoms with Gasteiger partial charge in [-0.2, -0.15) is 0 Å². The molecular weight excluding hydrogens is 404 g/mol. The first-order valence-electron chi connectivity index (χ1n) is 11.1. The van der Waals surface area contributed by atoms with Gasteiger partial charge < -0.3 is 4.74 Å². The number of hydrogen-bond donors (Lipinski definition) is 0. The van der Waals surface area contributed by atoms with Crippen LogP contribution in [0.25, 0.3) is 0 Å². The van der Waals surface area contributed by atoms with Crippen LogP contribution in [-0.4, -0.2) is 36.4 Å². The van der Waals surface area contributed by atoms with Gasteiger partial charge in [-0.25, -0.2) is 0 Å². The zero-order chi connectivity index (χ0) is 22.0. The molecule has 0 spiro atoms. The monoisotopic (exact) mass is 428 g/mol. The number of ether oxygens (including phenoxy) is 1. The summed E-state index contributed by atoms with van der Waals surface area (Å²) in [6, 6.07) is 16.1. The van der Waals surface area contributed by atoms with Crippen molar-refractivity contribution in [3.05, 3.63) is 72.3 Å². The van der Waals surface area contributed by atoms with E-state index in [0.29, 0.717) is 28.8 Å². The molecule has 2 aromatic carbocycles. The molecule has 0 N–H and O–H groups in total. The van der Waals surface area contributed by atoms with Gasteiger partial charge in [0.05, 0.1) is 18.9 Å². The molecule has 6 nitrogen and oxygen atoms in total. The summed E-state index contributed by atoms with van der Waals surface area (Å²) in [7, 11) is 1.55. The lowest BCUT2D eigenvalue weighted by molar-refractivity contribution is -0.140. The van der Waals surface area contributed by atoms with Crippen LogP contribution < -0.4 is 9.64 Å². The fraction of sp³-hybridized carbons (Fsp3) is 0.346. The number of hydrogen-bond acceptors (Lipinski definition) is 4. The Kier molecular flexibility index (Phi) is 4.25. The average Bonchev–Trinajstić information content (AvgIpc) is 3.62. The lowest BCUT2D eigenvalue weighted by atomic mass is 9.63. The third-order valence-electron chi connectivity index (χ3n) is 7.67. The van der Waals surface area contributed by atoms with Crippen LogP contribution in [0.4, 0.5) is 5.69 Å². The molecule has 6 atom stereocenters. The molecule has 7 rings (SSSR count). The molecule has 2 saturated carbocycles. The highest BCUT2D eigenvalue weighted by Crippen LogP contribution is 2.65. The van der Waals surface area contributed by atoms with Gasteiger partial charge in [-0.1, -0.05) is 36.4 Å². The fourth-order valence-corrected chi connectivity index (χ4v) is 6.08. The molecule has 4 aliphatic carbocycles. The Hall–Kier alpha value is -3.41. The summed E-state index contributed by atoms with van der Waals surface area (Å²) in [6.07, 6.45) is 5.44. The van der Waals surface area contributed by atoms with Crippen LogP contribution in [0.5, 0.6) is 5.75 Å². The van der Waals surface area contributed by atoms with Gasteiger partial charge in [0.15, 0.2) is 0 Å². The van der Waals surface area contributed by atoms with Gasteiger partial charge in [0.1, 0.15) is 12.4 Å². The first-order chi connectivity index (χ1) is 15.6. The van der Waals surface area contributed by atoms with Crippen LogP contribution in [-0.2, 0) is 9.59 Å². The first kappa shape index (κ1) is 19.3. The number of rotatable bonds is 5. The molecule has 1 heterocycles. The average molecular weight is 428 g/mol. The molecule has 1 saturated heterocycles. The van der Waals surface area contributed by atoms with Gasteiger partial charge in [-0.05, 0) is 60.4 Å². The highest BCUT2D eigenvalue weighted by molar-refractivity contribution is 6.10. The number of carbonyl (C=O) groups is 3. The second-order valence-corrected chi connectivity index (χ2v) is 9.20. The lowest BCUT2D eigenvalue weighted by Crippen LogP contribution is -2.45. The highest BCUT2D eigenvalue weighted by atomic mass is 16.5. The van der Waals surface area contributed by atoms with E-state index in [4.69, 9.17) is 4.74 Å². The normalized spacial score (nSPS) is 31.3. The molecule has 0 unspecified atom stereocenters. The Morgan fingerprint density at radius 1 is 0.969 bits per heavy atom. The van der Waals surface area contributed by atoms with Crippen LogP contribution in [0.1, 0.15) is 16.8 Å². The number of methoxy groups -OCH3 is 1. The molecule has 0 radical (unpaired) electrons. The highest BCUT2D eigenvalue weighted by Gasteiger charge is 2.67. The third-order valence-corrected chi connectivity index (χ3v) is 7.67. The zero-order valence-corrected chi connectivity index (χ0v) is 17.8. The van der Waals surface area contributed by atoms with Crippen molar-refractivity contribution < 1.29 is 19.1 Å². The van der Waals surface area contributed by atoms with Crippen molar-refractivity contribution in [2.24, 2.45) is 35.5 Å². The van der Waals surface area contributed by atoms with Crippen LogP contribution in [0.15, 0.2) is 66.7 Å². The molecule has 0 aromatic heterocycles. The van der Waals surface area contributed by atoms with Crippen LogP contribution in [0, 0.1) is 35.5 Å². The van der Waals surface area contributed by atoms with E-state index in [1.807, 2.05) is 30.3 Å². The fourth-order valence-electron chi connectivity index (χ4n) is 6.08. The maximum atomic E-state index is 13.5. The number of nitrogens with zero attached hydrogens (tertiary/aromatic N) is 2. The summed E-state index contributed by atoms with van der Waals surface area (Å²) in [5.74, 6) is 0.897. The van der Waals surface area contributed by atoms with E-state index in [2.05, 4.69) is 12.2 Å². The van der Waals surface area contributed by atoms with Crippen molar-refractivity contribution in [2.45, 2.75) is 6.42 Å². The summed E-state index contributed by atoms with van der Waals surface area (Å²) in [5.41, 5.74) is 1.08. The number of allylic oxidation sites excluding steroid dienone is 2. The van der Waals surface area contributed by atoms with E-state index in [9.17, 15) is 14.4 Å². The van der Waals surface area contributed by atoms with Crippen molar-refractivity contribution in [1.82, 2.24) is 4.90 Å². The van der Waals surface area contributed by atoms with E-state index in [1.165, 1.54) is 9.80 Å². The van der Waals surface area contributed by atoms with Gasteiger partial charge in [-0.15, -0.1) is 0 Å². The Balaban J connectivity index is 1.33. The molecule has 32 heavy (non-hydrogen) atoms. The second-order valence-electron chi connectivity index (χ2n) is 9.20. The van der Waals surface area contributed by atoms with Gasteiger partial charge >= 0.3 is 0 Å². The van der Waals surface area contributed by atoms with E-state index >= 15 is 0 Å². The van der Waals surface area contributed by atoms with E-state index in [-0.39, 0.29) is 48.1 Å². The van der Waals surface area contributed by atoms with Crippen molar-refractivity contribution in [1.29, 1.82) is 0 Å². The van der Waals surface area contributed by atoms with Crippen molar-refractivity contribution in [2.75, 3.05) is 18.7 Å². The summed E-state index contributed by atoms with van der Waals surface area (Å²) >= 11 is 0. The predicted molar refractivity (Wildman–Crippen MR) is 118 cm³/mol. The van der Waals surface area contributed by atoms with Gasteiger partial charge in [-0.3, -0.25) is 24.2 Å². The summed E-state index contributed by atoms with van der Waals surface area (Å²) in [4.78, 5) is 43.3. The van der Waals surface area contributed by atoms with E-state index < -0.39 is 0 Å². The third kappa shape index (κ3) is 2.75. The van der Waals surface area contributed by atoms with E-state index in [0.717, 1.165) is 6.42 Å². The number of amides is 3. The number of imide groups is 1. The molecule has 1 aliphatic heterocycles.